The lowest BCUT2D eigenvalue weighted by atomic mass is 10.2. The molecule has 0 saturated heterocycles. The molecule has 3 nitrogen and oxygen atoms in total. The summed E-state index contributed by atoms with van der Waals surface area (Å²) in [5, 5.41) is 0. The standard InChI is InChI=1S/C10H20N2OS/c1-8(11(3)10-4-5-10)6-7-12(14)9(2)13/h8,10,14H,4-7H2,1-3H3. The van der Waals surface area contributed by atoms with Crippen LogP contribution in [0.15, 0.2) is 0 Å². The van der Waals surface area contributed by atoms with Gasteiger partial charge in [-0.3, -0.25) is 9.10 Å². The van der Waals surface area contributed by atoms with Gasteiger partial charge in [-0.15, -0.1) is 0 Å². The third-order valence-electron chi connectivity index (χ3n) is 2.94. The Morgan fingerprint density at radius 1 is 1.57 bits per heavy atom. The molecule has 0 aromatic rings. The van der Waals surface area contributed by atoms with Crippen molar-refractivity contribution in [1.29, 1.82) is 0 Å². The molecule has 1 rings (SSSR count). The van der Waals surface area contributed by atoms with Gasteiger partial charge in [0.15, 0.2) is 0 Å². The van der Waals surface area contributed by atoms with E-state index in [1.54, 1.807) is 6.92 Å². The van der Waals surface area contributed by atoms with E-state index in [-0.39, 0.29) is 5.91 Å². The smallest absolute Gasteiger partial charge is 0.229 e. The molecule has 1 unspecified atom stereocenters. The summed E-state index contributed by atoms with van der Waals surface area (Å²) in [4.78, 5) is 13.3. The predicted octanol–water partition coefficient (Wildman–Crippen LogP) is 1.55. The van der Waals surface area contributed by atoms with Gasteiger partial charge >= 0.3 is 0 Å². The molecule has 0 aliphatic heterocycles. The van der Waals surface area contributed by atoms with Crippen molar-refractivity contribution in [1.82, 2.24) is 9.21 Å². The van der Waals surface area contributed by atoms with Gasteiger partial charge in [0, 0.05) is 25.6 Å². The minimum absolute atomic E-state index is 0.0228. The van der Waals surface area contributed by atoms with E-state index in [1.165, 1.54) is 17.1 Å². The maximum Gasteiger partial charge on any atom is 0.229 e. The van der Waals surface area contributed by atoms with E-state index in [4.69, 9.17) is 0 Å². The van der Waals surface area contributed by atoms with E-state index in [9.17, 15) is 4.79 Å². The zero-order chi connectivity index (χ0) is 10.7. The number of rotatable bonds is 5. The van der Waals surface area contributed by atoms with Crippen molar-refractivity contribution < 1.29 is 4.79 Å². The Bertz CT molecular complexity index is 206. The van der Waals surface area contributed by atoms with E-state index in [1.807, 2.05) is 0 Å². The summed E-state index contributed by atoms with van der Waals surface area (Å²) in [5.74, 6) is 0.0228. The molecule has 1 aliphatic rings. The van der Waals surface area contributed by atoms with Gasteiger partial charge in [-0.1, -0.05) is 12.8 Å². The molecule has 82 valence electrons. The summed E-state index contributed by atoms with van der Waals surface area (Å²) in [7, 11) is 2.17. The minimum atomic E-state index is 0.0228. The van der Waals surface area contributed by atoms with Crippen LogP contribution in [0.25, 0.3) is 0 Å². The van der Waals surface area contributed by atoms with Gasteiger partial charge in [-0.25, -0.2) is 0 Å². The first-order valence-corrected chi connectivity index (χ1v) is 5.61. The van der Waals surface area contributed by atoms with Crippen LogP contribution in [0.3, 0.4) is 0 Å². The molecular formula is C10H20N2OS. The highest BCUT2D eigenvalue weighted by Gasteiger charge is 2.28. The number of carbonyl (C=O) groups excluding carboxylic acids is 1. The van der Waals surface area contributed by atoms with Crippen molar-refractivity contribution in [2.24, 2.45) is 0 Å². The topological polar surface area (TPSA) is 23.6 Å². The summed E-state index contributed by atoms with van der Waals surface area (Å²) in [6, 6.07) is 1.33. The molecule has 0 N–H and O–H groups in total. The van der Waals surface area contributed by atoms with Crippen molar-refractivity contribution in [2.45, 2.75) is 45.2 Å². The number of carbonyl (C=O) groups is 1. The van der Waals surface area contributed by atoms with Gasteiger partial charge in [0.05, 0.1) is 0 Å². The first kappa shape index (κ1) is 11.9. The zero-order valence-electron chi connectivity index (χ0n) is 9.23. The highest BCUT2D eigenvalue weighted by molar-refractivity contribution is 7.78. The van der Waals surface area contributed by atoms with Crippen LogP contribution in [0.1, 0.15) is 33.1 Å². The summed E-state index contributed by atoms with van der Waals surface area (Å²) in [6.45, 7) is 4.49. The highest BCUT2D eigenvalue weighted by Crippen LogP contribution is 2.27. The van der Waals surface area contributed by atoms with Gasteiger partial charge < -0.3 is 4.90 Å². The molecule has 1 fully saturated rings. The number of thiol groups is 1. The van der Waals surface area contributed by atoms with Crippen molar-refractivity contribution in [3.63, 3.8) is 0 Å². The van der Waals surface area contributed by atoms with Gasteiger partial charge in [-0.2, -0.15) is 0 Å². The molecule has 4 heteroatoms. The van der Waals surface area contributed by atoms with Crippen LogP contribution < -0.4 is 0 Å². The Labute approximate surface area is 92.0 Å². The molecule has 1 saturated carbocycles. The quantitative estimate of drug-likeness (QED) is 0.705. The fraction of sp³-hybridized carbons (Fsp3) is 0.900. The van der Waals surface area contributed by atoms with Crippen LogP contribution in [0.4, 0.5) is 0 Å². The fourth-order valence-electron chi connectivity index (χ4n) is 1.51. The Hall–Kier alpha value is -0.220. The lowest BCUT2D eigenvalue weighted by molar-refractivity contribution is -0.123. The molecule has 0 aromatic heterocycles. The summed E-state index contributed by atoms with van der Waals surface area (Å²) < 4.78 is 1.48. The van der Waals surface area contributed by atoms with E-state index < -0.39 is 0 Å². The van der Waals surface area contributed by atoms with Crippen LogP contribution in [-0.2, 0) is 4.79 Å². The predicted molar refractivity (Wildman–Crippen MR) is 61.2 cm³/mol. The van der Waals surface area contributed by atoms with E-state index in [0.717, 1.165) is 19.0 Å². The molecule has 14 heavy (non-hydrogen) atoms. The van der Waals surface area contributed by atoms with E-state index in [0.29, 0.717) is 6.04 Å². The van der Waals surface area contributed by atoms with Crippen molar-refractivity contribution >= 4 is 18.7 Å². The molecule has 0 heterocycles. The number of hydrogen-bond donors (Lipinski definition) is 1. The molecule has 0 bridgehead atoms. The summed E-state index contributed by atoms with van der Waals surface area (Å²) in [6.07, 6.45) is 3.66. The lowest BCUT2D eigenvalue weighted by Gasteiger charge is -2.25. The van der Waals surface area contributed by atoms with E-state index in [2.05, 4.69) is 31.7 Å². The van der Waals surface area contributed by atoms with Gasteiger partial charge in [0.1, 0.15) is 0 Å². The van der Waals surface area contributed by atoms with E-state index >= 15 is 0 Å². The van der Waals surface area contributed by atoms with Crippen molar-refractivity contribution in [3.05, 3.63) is 0 Å². The van der Waals surface area contributed by atoms with Gasteiger partial charge in [0.25, 0.3) is 0 Å². The molecular weight excluding hydrogens is 196 g/mol. The average Bonchev–Trinajstić information content (AvgIpc) is 2.95. The molecule has 0 radical (unpaired) electrons. The molecule has 1 atom stereocenters. The highest BCUT2D eigenvalue weighted by atomic mass is 32.1. The second-order valence-corrected chi connectivity index (χ2v) is 4.66. The van der Waals surface area contributed by atoms with Crippen molar-refractivity contribution in [3.8, 4) is 0 Å². The van der Waals surface area contributed by atoms with Gasteiger partial charge in [-0.05, 0) is 33.2 Å². The zero-order valence-corrected chi connectivity index (χ0v) is 10.1. The number of amides is 1. The third kappa shape index (κ3) is 3.50. The first-order chi connectivity index (χ1) is 6.52. The Kier molecular flexibility index (Phi) is 4.26. The Morgan fingerprint density at radius 2 is 2.14 bits per heavy atom. The number of hydrogen-bond acceptors (Lipinski definition) is 3. The van der Waals surface area contributed by atoms with Crippen LogP contribution >= 0.6 is 12.8 Å². The molecule has 0 spiro atoms. The molecule has 1 aliphatic carbocycles. The maximum atomic E-state index is 10.9. The van der Waals surface area contributed by atoms with Crippen LogP contribution in [-0.4, -0.2) is 40.8 Å². The van der Waals surface area contributed by atoms with Crippen LogP contribution in [0.2, 0.25) is 0 Å². The van der Waals surface area contributed by atoms with Crippen LogP contribution in [0, 0.1) is 0 Å². The largest absolute Gasteiger partial charge is 0.301 e. The fourth-order valence-corrected chi connectivity index (χ4v) is 1.63. The second kappa shape index (κ2) is 5.03. The van der Waals surface area contributed by atoms with Gasteiger partial charge in [0.2, 0.25) is 5.91 Å². The normalized spacial score (nSPS) is 18.4. The maximum absolute atomic E-state index is 10.9. The SMILES string of the molecule is CC(=O)N(S)CCC(C)N(C)C1CC1. The monoisotopic (exact) mass is 216 g/mol. The summed E-state index contributed by atoms with van der Waals surface area (Å²) in [5.41, 5.74) is 0. The first-order valence-electron chi connectivity index (χ1n) is 5.21. The Balaban J connectivity index is 2.19. The average molecular weight is 216 g/mol. The minimum Gasteiger partial charge on any atom is -0.301 e. The van der Waals surface area contributed by atoms with Crippen molar-refractivity contribution in [2.75, 3.05) is 13.6 Å². The number of nitrogens with zero attached hydrogens (tertiary/aromatic N) is 2. The lowest BCUT2D eigenvalue weighted by Crippen LogP contribution is -2.34. The molecule has 0 aromatic carbocycles. The second-order valence-electron chi connectivity index (χ2n) is 4.18. The summed E-state index contributed by atoms with van der Waals surface area (Å²) >= 11 is 4.10. The molecule has 1 amide bonds. The third-order valence-corrected chi connectivity index (χ3v) is 3.42. The van der Waals surface area contributed by atoms with Crippen LogP contribution in [0.5, 0.6) is 0 Å². The Morgan fingerprint density at radius 3 is 2.57 bits per heavy atom.